The molecule has 0 atom stereocenters. The van der Waals surface area contributed by atoms with Crippen LogP contribution in [0.2, 0.25) is 10.0 Å². The highest BCUT2D eigenvalue weighted by molar-refractivity contribution is 6.37. The minimum absolute atomic E-state index is 0.123. The molecule has 1 aromatic heterocycles. The first-order valence-corrected chi connectivity index (χ1v) is 13.0. The van der Waals surface area contributed by atoms with Gasteiger partial charge in [0.1, 0.15) is 17.9 Å². The van der Waals surface area contributed by atoms with Crippen molar-refractivity contribution in [2.75, 3.05) is 11.1 Å². The molecule has 5 nitrogen and oxygen atoms in total. The van der Waals surface area contributed by atoms with E-state index in [2.05, 4.69) is 10.3 Å². The van der Waals surface area contributed by atoms with E-state index < -0.39 is 0 Å². The number of nitrogens with one attached hydrogen (secondary N) is 1. The number of anilines is 2. The highest BCUT2D eigenvalue weighted by Gasteiger charge is 2.18. The molecule has 5 aromatic rings. The van der Waals surface area contributed by atoms with E-state index in [1.807, 2.05) is 73.7 Å². The van der Waals surface area contributed by atoms with Crippen molar-refractivity contribution in [2.24, 2.45) is 0 Å². The summed E-state index contributed by atoms with van der Waals surface area (Å²) in [5, 5.41) is 4.71. The van der Waals surface area contributed by atoms with E-state index in [0.717, 1.165) is 22.2 Å². The Kier molecular flexibility index (Phi) is 7.82. The first-order chi connectivity index (χ1) is 18.9. The lowest BCUT2D eigenvalue weighted by atomic mass is 9.95. The molecular formula is C32H25Cl2N3O2. The van der Waals surface area contributed by atoms with E-state index in [-0.39, 0.29) is 12.5 Å². The van der Waals surface area contributed by atoms with Crippen molar-refractivity contribution >= 4 is 57.0 Å². The standard InChI is InChI=1S/C32H25Cl2N3O2/c1-20-13-14-22-9-5-12-29(32(22)36-20)39-19-27-28(33)16-15-25(31(27)34)26(21-7-3-2-4-8-21)18-30(38)37-24-11-6-10-23(35)17-24/h2-18H,19,35H2,1H3,(H,37,38)/b26-18+. The number of carbonyl (C=O) groups is 1. The second kappa shape index (κ2) is 11.6. The molecule has 7 heteroatoms. The van der Waals surface area contributed by atoms with Crippen molar-refractivity contribution < 1.29 is 9.53 Å². The highest BCUT2D eigenvalue weighted by Crippen LogP contribution is 2.36. The molecule has 39 heavy (non-hydrogen) atoms. The Morgan fingerprint density at radius 2 is 1.74 bits per heavy atom. The number of nitrogens with two attached hydrogens (primary N) is 1. The third kappa shape index (κ3) is 6.06. The van der Waals surface area contributed by atoms with Crippen LogP contribution in [0, 0.1) is 6.92 Å². The number of pyridine rings is 1. The van der Waals surface area contributed by atoms with Gasteiger partial charge in [0, 0.05) is 44.7 Å². The maximum absolute atomic E-state index is 13.1. The van der Waals surface area contributed by atoms with Gasteiger partial charge < -0.3 is 15.8 Å². The number of nitrogen functional groups attached to an aromatic ring is 1. The normalized spacial score (nSPS) is 11.4. The van der Waals surface area contributed by atoms with Crippen LogP contribution in [0.4, 0.5) is 11.4 Å². The Morgan fingerprint density at radius 1 is 0.949 bits per heavy atom. The second-order valence-corrected chi connectivity index (χ2v) is 9.78. The van der Waals surface area contributed by atoms with Crippen LogP contribution < -0.4 is 15.8 Å². The van der Waals surface area contributed by atoms with Gasteiger partial charge in [0.05, 0.1) is 5.02 Å². The lowest BCUT2D eigenvalue weighted by Crippen LogP contribution is -2.10. The Morgan fingerprint density at radius 3 is 2.54 bits per heavy atom. The molecule has 5 rings (SSSR count). The lowest BCUT2D eigenvalue weighted by Gasteiger charge is -2.16. The summed E-state index contributed by atoms with van der Waals surface area (Å²) in [4.78, 5) is 17.7. The van der Waals surface area contributed by atoms with Crippen LogP contribution >= 0.6 is 23.2 Å². The van der Waals surface area contributed by atoms with Crippen LogP contribution in [0.3, 0.4) is 0 Å². The Balaban J connectivity index is 1.50. The van der Waals surface area contributed by atoms with E-state index in [0.29, 0.717) is 43.9 Å². The highest BCUT2D eigenvalue weighted by atomic mass is 35.5. The van der Waals surface area contributed by atoms with Gasteiger partial charge in [-0.3, -0.25) is 4.79 Å². The second-order valence-electron chi connectivity index (χ2n) is 9.00. The number of rotatable bonds is 7. The average molecular weight is 554 g/mol. The fourth-order valence-electron chi connectivity index (χ4n) is 4.28. The van der Waals surface area contributed by atoms with Crippen molar-refractivity contribution in [3.8, 4) is 5.75 Å². The van der Waals surface area contributed by atoms with Gasteiger partial charge in [-0.1, -0.05) is 83.9 Å². The molecule has 0 unspecified atom stereocenters. The molecule has 3 N–H and O–H groups in total. The summed E-state index contributed by atoms with van der Waals surface area (Å²) < 4.78 is 6.19. The number of aryl methyl sites for hydroxylation is 1. The number of aromatic nitrogens is 1. The van der Waals surface area contributed by atoms with Crippen molar-refractivity contribution in [1.29, 1.82) is 0 Å². The van der Waals surface area contributed by atoms with Gasteiger partial charge in [-0.15, -0.1) is 0 Å². The van der Waals surface area contributed by atoms with Gasteiger partial charge in [0.15, 0.2) is 0 Å². The summed E-state index contributed by atoms with van der Waals surface area (Å²) in [6.45, 7) is 2.06. The number of benzene rings is 4. The molecule has 0 aliphatic heterocycles. The Hall–Kier alpha value is -4.32. The quantitative estimate of drug-likeness (QED) is 0.158. The summed E-state index contributed by atoms with van der Waals surface area (Å²) in [5.41, 5.74) is 11.4. The molecule has 0 spiro atoms. The summed E-state index contributed by atoms with van der Waals surface area (Å²) in [6.07, 6.45) is 1.52. The number of fused-ring (bicyclic) bond motifs is 1. The van der Waals surface area contributed by atoms with Gasteiger partial charge >= 0.3 is 0 Å². The monoisotopic (exact) mass is 553 g/mol. The van der Waals surface area contributed by atoms with E-state index in [1.165, 1.54) is 6.08 Å². The molecule has 0 radical (unpaired) electrons. The molecule has 4 aromatic carbocycles. The minimum Gasteiger partial charge on any atom is -0.487 e. The van der Waals surface area contributed by atoms with Gasteiger partial charge in [-0.2, -0.15) is 0 Å². The van der Waals surface area contributed by atoms with Crippen LogP contribution in [-0.4, -0.2) is 10.9 Å². The van der Waals surface area contributed by atoms with Crippen molar-refractivity contribution in [1.82, 2.24) is 4.98 Å². The van der Waals surface area contributed by atoms with Crippen LogP contribution in [0.5, 0.6) is 5.75 Å². The van der Waals surface area contributed by atoms with Crippen LogP contribution in [0.1, 0.15) is 22.4 Å². The van der Waals surface area contributed by atoms with E-state index in [1.54, 1.807) is 30.3 Å². The molecule has 0 aliphatic carbocycles. The summed E-state index contributed by atoms with van der Waals surface area (Å²) in [7, 11) is 0. The summed E-state index contributed by atoms with van der Waals surface area (Å²) in [6, 6.07) is 29.9. The zero-order chi connectivity index (χ0) is 27.4. The maximum atomic E-state index is 13.1. The molecule has 194 valence electrons. The molecule has 1 heterocycles. The van der Waals surface area contributed by atoms with Gasteiger partial charge in [-0.25, -0.2) is 4.98 Å². The number of ether oxygens (including phenoxy) is 1. The predicted octanol–water partition coefficient (Wildman–Crippen LogP) is 8.08. The Bertz CT molecular complexity index is 1700. The molecule has 0 fully saturated rings. The lowest BCUT2D eigenvalue weighted by molar-refractivity contribution is -0.111. The molecule has 0 saturated heterocycles. The SMILES string of the molecule is Cc1ccc2cccc(OCc3c(Cl)ccc(/C(=C/C(=O)Nc4cccc(N)c4)c4ccccc4)c3Cl)c2n1. The molecule has 0 aliphatic rings. The smallest absolute Gasteiger partial charge is 0.249 e. The third-order valence-corrected chi connectivity index (χ3v) is 6.97. The van der Waals surface area contributed by atoms with Crippen LogP contribution in [-0.2, 0) is 11.4 Å². The first kappa shape index (κ1) is 26.3. The topological polar surface area (TPSA) is 77.2 Å². The first-order valence-electron chi connectivity index (χ1n) is 12.3. The molecule has 1 amide bonds. The number of para-hydroxylation sites is 1. The Labute approximate surface area is 236 Å². The molecule has 0 bridgehead atoms. The minimum atomic E-state index is -0.319. The van der Waals surface area contributed by atoms with E-state index in [9.17, 15) is 4.79 Å². The van der Waals surface area contributed by atoms with Gasteiger partial charge in [0.2, 0.25) is 5.91 Å². The molecular weight excluding hydrogens is 529 g/mol. The number of hydrogen-bond donors (Lipinski definition) is 2. The predicted molar refractivity (Wildman–Crippen MR) is 160 cm³/mol. The number of amides is 1. The van der Waals surface area contributed by atoms with Crippen molar-refractivity contribution in [3.63, 3.8) is 0 Å². The number of carbonyl (C=O) groups excluding carboxylic acids is 1. The van der Waals surface area contributed by atoms with Crippen LogP contribution in [0.25, 0.3) is 16.5 Å². The zero-order valence-electron chi connectivity index (χ0n) is 21.1. The fraction of sp³-hybridized carbons (Fsp3) is 0.0625. The van der Waals surface area contributed by atoms with Crippen molar-refractivity contribution in [3.05, 3.63) is 136 Å². The average Bonchev–Trinajstić information content (AvgIpc) is 2.92. The molecule has 0 saturated carbocycles. The van der Waals surface area contributed by atoms with E-state index >= 15 is 0 Å². The number of nitrogens with zero attached hydrogens (tertiary/aromatic N) is 1. The van der Waals surface area contributed by atoms with Gasteiger partial charge in [0.25, 0.3) is 0 Å². The fourth-order valence-corrected chi connectivity index (χ4v) is 4.86. The van der Waals surface area contributed by atoms with E-state index in [4.69, 9.17) is 33.7 Å². The largest absolute Gasteiger partial charge is 0.487 e. The number of halogens is 2. The van der Waals surface area contributed by atoms with Crippen molar-refractivity contribution in [2.45, 2.75) is 13.5 Å². The maximum Gasteiger partial charge on any atom is 0.249 e. The third-order valence-electron chi connectivity index (χ3n) is 6.19. The van der Waals surface area contributed by atoms with Gasteiger partial charge in [-0.05, 0) is 54.5 Å². The zero-order valence-corrected chi connectivity index (χ0v) is 22.6. The summed E-state index contributed by atoms with van der Waals surface area (Å²) >= 11 is 13.6. The summed E-state index contributed by atoms with van der Waals surface area (Å²) in [5.74, 6) is 0.314. The number of hydrogen-bond acceptors (Lipinski definition) is 4. The van der Waals surface area contributed by atoms with Crippen LogP contribution in [0.15, 0.2) is 103 Å².